The zero-order chi connectivity index (χ0) is 28.9. The van der Waals surface area contributed by atoms with Crippen LogP contribution in [0.5, 0.6) is 0 Å². The van der Waals surface area contributed by atoms with Gasteiger partial charge in [-0.15, -0.1) is 0 Å². The number of hydrogen-bond donors (Lipinski definition) is 0. The SMILES string of the molecule is N#Cc1cc(C#N)cc(N(c2ccc(-c3cccc4c3oc3ccccc34)cc2)c2ccc3oc4ccccc4c3c2)c1. The maximum absolute atomic E-state index is 9.74. The Bertz CT molecular complexity index is 2400. The molecule has 0 atom stereocenters. The van der Waals surface area contributed by atoms with Gasteiger partial charge in [0.15, 0.2) is 0 Å². The van der Waals surface area contributed by atoms with E-state index in [2.05, 4.69) is 71.6 Å². The summed E-state index contributed by atoms with van der Waals surface area (Å²) in [6.45, 7) is 0. The summed E-state index contributed by atoms with van der Waals surface area (Å²) in [7, 11) is 0. The molecular formula is C38H21N3O2. The summed E-state index contributed by atoms with van der Waals surface area (Å²) in [5.41, 5.74) is 8.68. The van der Waals surface area contributed by atoms with Crippen LogP contribution >= 0.6 is 0 Å². The Kier molecular flexibility index (Phi) is 5.50. The summed E-state index contributed by atoms with van der Waals surface area (Å²) >= 11 is 0. The Balaban J connectivity index is 1.30. The van der Waals surface area contributed by atoms with Crippen molar-refractivity contribution >= 4 is 60.9 Å². The second-order valence-electron chi connectivity index (χ2n) is 10.4. The highest BCUT2D eigenvalue weighted by molar-refractivity contribution is 6.10. The maximum atomic E-state index is 9.74. The molecule has 2 heterocycles. The van der Waals surface area contributed by atoms with Gasteiger partial charge < -0.3 is 13.7 Å². The summed E-state index contributed by atoms with van der Waals surface area (Å²) in [5.74, 6) is 0. The van der Waals surface area contributed by atoms with Crippen molar-refractivity contribution in [1.82, 2.24) is 0 Å². The molecule has 0 unspecified atom stereocenters. The molecule has 0 aliphatic carbocycles. The Hall–Kier alpha value is -6.30. The molecule has 0 radical (unpaired) electrons. The van der Waals surface area contributed by atoms with Gasteiger partial charge in [-0.1, -0.05) is 66.7 Å². The third kappa shape index (κ3) is 4.00. The van der Waals surface area contributed by atoms with E-state index >= 15 is 0 Å². The standard InChI is InChI=1S/C38H21N3O2/c39-22-24-18-25(23-40)20-29(19-24)41(28-16-17-37-34(21-28)32-7-2-3-10-35(32)42-37)27-14-12-26(13-15-27)30-8-5-9-33-31-6-1-4-11-36(31)43-38(30)33/h1-21H. The third-order valence-electron chi connectivity index (χ3n) is 7.89. The van der Waals surface area contributed by atoms with Crippen LogP contribution in [0.25, 0.3) is 55.0 Å². The predicted octanol–water partition coefficient (Wildman–Crippen LogP) is 10.4. The predicted molar refractivity (Wildman–Crippen MR) is 171 cm³/mol. The lowest BCUT2D eigenvalue weighted by Crippen LogP contribution is -2.10. The van der Waals surface area contributed by atoms with E-state index in [-0.39, 0.29) is 0 Å². The quantitative estimate of drug-likeness (QED) is 0.217. The molecule has 0 N–H and O–H groups in total. The fraction of sp³-hybridized carbons (Fsp3) is 0. The Morgan fingerprint density at radius 1 is 0.465 bits per heavy atom. The zero-order valence-electron chi connectivity index (χ0n) is 22.8. The van der Waals surface area contributed by atoms with E-state index in [1.807, 2.05) is 66.7 Å². The highest BCUT2D eigenvalue weighted by atomic mass is 16.3. The van der Waals surface area contributed by atoms with Crippen molar-refractivity contribution in [3.8, 4) is 23.3 Å². The molecule has 8 aromatic rings. The number of furan rings is 2. The Morgan fingerprint density at radius 2 is 1.07 bits per heavy atom. The van der Waals surface area contributed by atoms with E-state index in [9.17, 15) is 10.5 Å². The molecule has 0 aliphatic rings. The molecule has 8 rings (SSSR count). The third-order valence-corrected chi connectivity index (χ3v) is 7.89. The number of anilines is 3. The lowest BCUT2D eigenvalue weighted by atomic mass is 10.0. The van der Waals surface area contributed by atoms with E-state index in [1.165, 1.54) is 0 Å². The van der Waals surface area contributed by atoms with Crippen molar-refractivity contribution in [1.29, 1.82) is 10.5 Å². The van der Waals surface area contributed by atoms with Gasteiger partial charge in [-0.2, -0.15) is 10.5 Å². The molecule has 2 aromatic heterocycles. The molecule has 0 amide bonds. The first-order valence-corrected chi connectivity index (χ1v) is 13.9. The monoisotopic (exact) mass is 551 g/mol. The smallest absolute Gasteiger partial charge is 0.143 e. The van der Waals surface area contributed by atoms with Gasteiger partial charge in [0, 0.05) is 44.2 Å². The van der Waals surface area contributed by atoms with Gasteiger partial charge in [-0.05, 0) is 66.2 Å². The molecule has 0 bridgehead atoms. The largest absolute Gasteiger partial charge is 0.456 e. The normalized spacial score (nSPS) is 11.2. The van der Waals surface area contributed by atoms with Crippen LogP contribution in [-0.4, -0.2) is 0 Å². The Morgan fingerprint density at radius 3 is 1.79 bits per heavy atom. The molecule has 0 saturated heterocycles. The topological polar surface area (TPSA) is 77.1 Å². The lowest BCUT2D eigenvalue weighted by molar-refractivity contribution is 0.669. The first-order valence-electron chi connectivity index (χ1n) is 13.9. The summed E-state index contributed by atoms with van der Waals surface area (Å²) in [6, 6.07) is 46.2. The van der Waals surface area contributed by atoms with Gasteiger partial charge in [-0.3, -0.25) is 0 Å². The minimum absolute atomic E-state index is 0.419. The van der Waals surface area contributed by atoms with Crippen LogP contribution in [-0.2, 0) is 0 Å². The molecule has 0 spiro atoms. The van der Waals surface area contributed by atoms with Crippen molar-refractivity contribution in [2.45, 2.75) is 0 Å². The van der Waals surface area contributed by atoms with E-state index < -0.39 is 0 Å². The van der Waals surface area contributed by atoms with Crippen LogP contribution in [0.4, 0.5) is 17.1 Å². The summed E-state index contributed by atoms with van der Waals surface area (Å²) in [4.78, 5) is 2.06. The van der Waals surface area contributed by atoms with Crippen LogP contribution in [0.15, 0.2) is 136 Å². The van der Waals surface area contributed by atoms with Gasteiger partial charge in [-0.25, -0.2) is 0 Å². The van der Waals surface area contributed by atoms with E-state index in [4.69, 9.17) is 8.83 Å². The van der Waals surface area contributed by atoms with Crippen molar-refractivity contribution in [2.24, 2.45) is 0 Å². The average Bonchev–Trinajstić information content (AvgIpc) is 3.63. The number of rotatable bonds is 4. The summed E-state index contributed by atoms with van der Waals surface area (Å²) < 4.78 is 12.4. The number of hydrogen-bond acceptors (Lipinski definition) is 5. The van der Waals surface area contributed by atoms with Crippen LogP contribution in [0.1, 0.15) is 11.1 Å². The minimum atomic E-state index is 0.419. The van der Waals surface area contributed by atoms with Gasteiger partial charge in [0.25, 0.3) is 0 Å². The zero-order valence-corrected chi connectivity index (χ0v) is 22.8. The van der Waals surface area contributed by atoms with Crippen molar-refractivity contribution in [3.05, 3.63) is 139 Å². The fourth-order valence-electron chi connectivity index (χ4n) is 5.93. The fourth-order valence-corrected chi connectivity index (χ4v) is 5.93. The van der Waals surface area contributed by atoms with Gasteiger partial charge >= 0.3 is 0 Å². The van der Waals surface area contributed by atoms with Crippen molar-refractivity contribution < 1.29 is 8.83 Å². The first kappa shape index (κ1) is 24.5. The summed E-state index contributed by atoms with van der Waals surface area (Å²) in [5, 5.41) is 23.7. The van der Waals surface area contributed by atoms with Crippen LogP contribution in [0.2, 0.25) is 0 Å². The van der Waals surface area contributed by atoms with Crippen molar-refractivity contribution in [3.63, 3.8) is 0 Å². The molecular weight excluding hydrogens is 530 g/mol. The Labute approximate surface area is 246 Å². The van der Waals surface area contributed by atoms with Crippen LogP contribution in [0.3, 0.4) is 0 Å². The summed E-state index contributed by atoms with van der Waals surface area (Å²) in [6.07, 6.45) is 0. The molecule has 43 heavy (non-hydrogen) atoms. The number of para-hydroxylation sites is 3. The molecule has 5 heteroatoms. The second kappa shape index (κ2) is 9.66. The molecule has 0 aliphatic heterocycles. The molecule has 5 nitrogen and oxygen atoms in total. The van der Waals surface area contributed by atoms with E-state index in [0.29, 0.717) is 11.1 Å². The van der Waals surface area contributed by atoms with Gasteiger partial charge in [0.05, 0.1) is 23.3 Å². The van der Waals surface area contributed by atoms with Gasteiger partial charge in [0.1, 0.15) is 22.3 Å². The van der Waals surface area contributed by atoms with E-state index in [1.54, 1.807) is 6.07 Å². The van der Waals surface area contributed by atoms with Crippen LogP contribution in [0, 0.1) is 22.7 Å². The minimum Gasteiger partial charge on any atom is -0.456 e. The average molecular weight is 552 g/mol. The molecule has 6 aromatic carbocycles. The van der Waals surface area contributed by atoms with Gasteiger partial charge in [0.2, 0.25) is 0 Å². The lowest BCUT2D eigenvalue weighted by Gasteiger charge is -2.26. The molecule has 0 saturated carbocycles. The number of benzene rings is 6. The molecule has 0 fully saturated rings. The second-order valence-corrected chi connectivity index (χ2v) is 10.4. The molecule has 200 valence electrons. The highest BCUT2D eigenvalue weighted by Crippen LogP contribution is 2.41. The van der Waals surface area contributed by atoms with Crippen LogP contribution < -0.4 is 4.90 Å². The number of fused-ring (bicyclic) bond motifs is 6. The number of nitrogens with zero attached hydrogens (tertiary/aromatic N) is 3. The van der Waals surface area contributed by atoms with E-state index in [0.717, 1.165) is 72.1 Å². The highest BCUT2D eigenvalue weighted by Gasteiger charge is 2.18. The first-order chi connectivity index (χ1) is 21.2. The van der Waals surface area contributed by atoms with Crippen molar-refractivity contribution in [2.75, 3.05) is 4.90 Å². The number of nitriles is 2. The maximum Gasteiger partial charge on any atom is 0.143 e.